The third-order valence-corrected chi connectivity index (χ3v) is 3.73. The fraction of sp³-hybridized carbons (Fsp3) is 0.235. The highest BCUT2D eigenvalue weighted by Gasteiger charge is 2.19. The number of hydrogen-bond donors (Lipinski definition) is 2. The van der Waals surface area contributed by atoms with E-state index < -0.39 is 0 Å². The first-order valence-corrected chi connectivity index (χ1v) is 7.54. The van der Waals surface area contributed by atoms with Gasteiger partial charge in [0.1, 0.15) is 0 Å². The summed E-state index contributed by atoms with van der Waals surface area (Å²) in [6.45, 7) is 6.35. The highest BCUT2D eigenvalue weighted by Crippen LogP contribution is 2.30. The average Bonchev–Trinajstić information content (AvgIpc) is 2.37. The fourth-order valence-electron chi connectivity index (χ4n) is 2.18. The van der Waals surface area contributed by atoms with E-state index in [0.717, 1.165) is 15.7 Å². The number of nitrogens with one attached hydrogen (secondary N) is 1. The summed E-state index contributed by atoms with van der Waals surface area (Å²) in [5, 5.41) is 2.96. The maximum absolute atomic E-state index is 12.4. The third kappa shape index (κ3) is 3.64. The van der Waals surface area contributed by atoms with Gasteiger partial charge in [-0.15, -0.1) is 0 Å². The number of amides is 1. The quantitative estimate of drug-likeness (QED) is 0.781. The molecular formula is C17H19BrN2O. The van der Waals surface area contributed by atoms with Crippen LogP contribution in [0, 0.1) is 0 Å². The van der Waals surface area contributed by atoms with Crippen LogP contribution < -0.4 is 11.1 Å². The standard InChI is InChI=1S/C17H19BrN2O/c1-17(2,3)13-6-4-5-7-15(13)20-16(21)12-9-8-11(18)10-14(12)19/h4-10H,19H2,1-3H3,(H,20,21). The lowest BCUT2D eigenvalue weighted by Gasteiger charge is -2.23. The molecule has 0 radical (unpaired) electrons. The van der Waals surface area contributed by atoms with Gasteiger partial charge in [0.05, 0.1) is 5.56 Å². The van der Waals surface area contributed by atoms with Gasteiger partial charge in [0.25, 0.3) is 5.91 Å². The van der Waals surface area contributed by atoms with Crippen molar-refractivity contribution < 1.29 is 4.79 Å². The number of carbonyl (C=O) groups is 1. The van der Waals surface area contributed by atoms with E-state index in [1.807, 2.05) is 24.3 Å². The summed E-state index contributed by atoms with van der Waals surface area (Å²) >= 11 is 3.34. The van der Waals surface area contributed by atoms with Crippen LogP contribution in [-0.4, -0.2) is 5.91 Å². The van der Waals surface area contributed by atoms with Crippen LogP contribution in [0.15, 0.2) is 46.9 Å². The van der Waals surface area contributed by atoms with Crippen molar-refractivity contribution in [2.45, 2.75) is 26.2 Å². The molecule has 3 nitrogen and oxygen atoms in total. The Morgan fingerprint density at radius 3 is 2.43 bits per heavy atom. The largest absolute Gasteiger partial charge is 0.398 e. The summed E-state index contributed by atoms with van der Waals surface area (Å²) in [4.78, 5) is 12.4. The predicted octanol–water partition coefficient (Wildman–Crippen LogP) is 4.58. The molecule has 110 valence electrons. The third-order valence-electron chi connectivity index (χ3n) is 3.24. The molecule has 2 rings (SSSR count). The molecule has 4 heteroatoms. The van der Waals surface area contributed by atoms with E-state index in [-0.39, 0.29) is 11.3 Å². The number of benzene rings is 2. The van der Waals surface area contributed by atoms with Crippen molar-refractivity contribution in [3.8, 4) is 0 Å². The Morgan fingerprint density at radius 1 is 1.14 bits per heavy atom. The SMILES string of the molecule is CC(C)(C)c1ccccc1NC(=O)c1ccc(Br)cc1N. The molecule has 0 saturated carbocycles. The highest BCUT2D eigenvalue weighted by molar-refractivity contribution is 9.10. The van der Waals surface area contributed by atoms with Gasteiger partial charge in [-0.3, -0.25) is 4.79 Å². The van der Waals surface area contributed by atoms with Crippen LogP contribution in [-0.2, 0) is 5.41 Å². The van der Waals surface area contributed by atoms with Crippen molar-refractivity contribution in [2.24, 2.45) is 0 Å². The molecule has 0 bridgehead atoms. The van der Waals surface area contributed by atoms with Crippen LogP contribution in [0.5, 0.6) is 0 Å². The van der Waals surface area contributed by atoms with Crippen LogP contribution in [0.4, 0.5) is 11.4 Å². The van der Waals surface area contributed by atoms with E-state index in [1.165, 1.54) is 0 Å². The summed E-state index contributed by atoms with van der Waals surface area (Å²) < 4.78 is 0.853. The molecule has 21 heavy (non-hydrogen) atoms. The summed E-state index contributed by atoms with van der Waals surface area (Å²) in [7, 11) is 0. The number of anilines is 2. The molecule has 0 spiro atoms. The van der Waals surface area contributed by atoms with Gasteiger partial charge in [-0.1, -0.05) is 54.9 Å². The lowest BCUT2D eigenvalue weighted by Crippen LogP contribution is -2.19. The molecule has 0 aliphatic rings. The van der Waals surface area contributed by atoms with Crippen molar-refractivity contribution in [2.75, 3.05) is 11.1 Å². The minimum absolute atomic E-state index is 0.0465. The van der Waals surface area contributed by atoms with Gasteiger partial charge < -0.3 is 11.1 Å². The van der Waals surface area contributed by atoms with Crippen molar-refractivity contribution >= 4 is 33.2 Å². The van der Waals surface area contributed by atoms with Crippen LogP contribution in [0.3, 0.4) is 0 Å². The first kappa shape index (κ1) is 15.6. The summed E-state index contributed by atoms with van der Waals surface area (Å²) in [5.41, 5.74) is 8.70. The Labute approximate surface area is 133 Å². The number of carbonyl (C=O) groups excluding carboxylic acids is 1. The van der Waals surface area contributed by atoms with Crippen molar-refractivity contribution in [1.29, 1.82) is 0 Å². The first-order valence-electron chi connectivity index (χ1n) is 6.75. The van der Waals surface area contributed by atoms with Gasteiger partial charge >= 0.3 is 0 Å². The monoisotopic (exact) mass is 346 g/mol. The first-order chi connectivity index (χ1) is 9.79. The second kappa shape index (κ2) is 5.90. The lowest BCUT2D eigenvalue weighted by molar-refractivity contribution is 0.102. The molecular weight excluding hydrogens is 328 g/mol. The van der Waals surface area contributed by atoms with Gasteiger partial charge in [0, 0.05) is 15.8 Å². The molecule has 0 heterocycles. The maximum atomic E-state index is 12.4. The normalized spacial score (nSPS) is 11.2. The lowest BCUT2D eigenvalue weighted by atomic mass is 9.86. The van der Waals surface area contributed by atoms with Crippen LogP contribution in [0.25, 0.3) is 0 Å². The summed E-state index contributed by atoms with van der Waals surface area (Å²) in [6, 6.07) is 13.1. The second-order valence-electron chi connectivity index (χ2n) is 5.98. The highest BCUT2D eigenvalue weighted by atomic mass is 79.9. The molecule has 2 aromatic carbocycles. The van der Waals surface area contributed by atoms with E-state index in [0.29, 0.717) is 11.3 Å². The van der Waals surface area contributed by atoms with Gasteiger partial charge in [-0.05, 0) is 35.2 Å². The maximum Gasteiger partial charge on any atom is 0.257 e. The summed E-state index contributed by atoms with van der Waals surface area (Å²) in [5.74, 6) is -0.197. The zero-order valence-electron chi connectivity index (χ0n) is 12.4. The van der Waals surface area contributed by atoms with Gasteiger partial charge in [0.15, 0.2) is 0 Å². The van der Waals surface area contributed by atoms with Gasteiger partial charge in [0.2, 0.25) is 0 Å². The molecule has 0 aliphatic heterocycles. The Balaban J connectivity index is 2.32. The minimum atomic E-state index is -0.197. The smallest absolute Gasteiger partial charge is 0.257 e. The zero-order chi connectivity index (χ0) is 15.6. The number of halogens is 1. The molecule has 0 aliphatic carbocycles. The number of nitrogen functional groups attached to an aromatic ring is 1. The molecule has 3 N–H and O–H groups in total. The van der Waals surface area contributed by atoms with E-state index in [2.05, 4.69) is 42.0 Å². The molecule has 2 aromatic rings. The molecule has 0 atom stereocenters. The topological polar surface area (TPSA) is 55.1 Å². The van der Waals surface area contributed by atoms with Crippen molar-refractivity contribution in [1.82, 2.24) is 0 Å². The molecule has 0 aromatic heterocycles. The van der Waals surface area contributed by atoms with Crippen LogP contribution in [0.1, 0.15) is 36.7 Å². The molecule has 0 fully saturated rings. The van der Waals surface area contributed by atoms with E-state index in [9.17, 15) is 4.79 Å². The van der Waals surface area contributed by atoms with Crippen LogP contribution in [0.2, 0.25) is 0 Å². The Bertz CT molecular complexity index is 675. The number of rotatable bonds is 2. The van der Waals surface area contributed by atoms with Crippen LogP contribution >= 0.6 is 15.9 Å². The van der Waals surface area contributed by atoms with E-state index in [1.54, 1.807) is 18.2 Å². The number of para-hydroxylation sites is 1. The predicted molar refractivity (Wildman–Crippen MR) is 91.6 cm³/mol. The number of hydrogen-bond acceptors (Lipinski definition) is 2. The Morgan fingerprint density at radius 2 is 1.81 bits per heavy atom. The minimum Gasteiger partial charge on any atom is -0.398 e. The van der Waals surface area contributed by atoms with Gasteiger partial charge in [-0.2, -0.15) is 0 Å². The second-order valence-corrected chi connectivity index (χ2v) is 6.90. The van der Waals surface area contributed by atoms with E-state index in [4.69, 9.17) is 5.73 Å². The molecule has 0 unspecified atom stereocenters. The zero-order valence-corrected chi connectivity index (χ0v) is 14.0. The molecule has 0 saturated heterocycles. The molecule has 1 amide bonds. The average molecular weight is 347 g/mol. The number of nitrogens with two attached hydrogens (primary N) is 1. The van der Waals surface area contributed by atoms with Gasteiger partial charge in [-0.25, -0.2) is 0 Å². The summed E-state index contributed by atoms with van der Waals surface area (Å²) in [6.07, 6.45) is 0. The van der Waals surface area contributed by atoms with Crippen molar-refractivity contribution in [3.63, 3.8) is 0 Å². The van der Waals surface area contributed by atoms with E-state index >= 15 is 0 Å². The fourth-order valence-corrected chi connectivity index (χ4v) is 2.55. The Hall–Kier alpha value is -1.81. The van der Waals surface area contributed by atoms with Crippen molar-refractivity contribution in [3.05, 3.63) is 58.1 Å². The Kier molecular flexibility index (Phi) is 4.37.